The van der Waals surface area contributed by atoms with Crippen molar-refractivity contribution in [2.45, 2.75) is 11.3 Å². The average Bonchev–Trinajstić information content (AvgIpc) is 2.70. The number of nitrogens with zero attached hydrogens (tertiary/aromatic N) is 1. The van der Waals surface area contributed by atoms with Crippen LogP contribution in [0.3, 0.4) is 0 Å². The van der Waals surface area contributed by atoms with Crippen LogP contribution in [0.15, 0.2) is 53.4 Å². The number of ether oxygens (including phenoxy) is 2. The Morgan fingerprint density at radius 2 is 1.78 bits per heavy atom. The number of carbonyl (C=O) groups excluding carboxylic acids is 1. The second-order valence-corrected chi connectivity index (χ2v) is 7.77. The molecule has 0 aliphatic carbocycles. The highest BCUT2D eigenvalue weighted by Gasteiger charge is 2.20. The zero-order valence-corrected chi connectivity index (χ0v) is 15.9. The van der Waals surface area contributed by atoms with E-state index in [2.05, 4.69) is 4.72 Å². The highest BCUT2D eigenvalue weighted by atomic mass is 32.2. The molecule has 1 saturated heterocycles. The van der Waals surface area contributed by atoms with Crippen LogP contribution >= 0.6 is 0 Å². The number of nitrogens with one attached hydrogen (secondary N) is 1. The van der Waals surface area contributed by atoms with Gasteiger partial charge in [-0.1, -0.05) is 24.3 Å². The maximum absolute atomic E-state index is 12.6. The molecule has 1 aliphatic rings. The summed E-state index contributed by atoms with van der Waals surface area (Å²) in [4.78, 5) is 14.1. The highest BCUT2D eigenvalue weighted by molar-refractivity contribution is 7.92. The van der Waals surface area contributed by atoms with E-state index in [-0.39, 0.29) is 23.0 Å². The largest absolute Gasteiger partial charge is 0.495 e. The van der Waals surface area contributed by atoms with E-state index >= 15 is 0 Å². The number of benzene rings is 2. The first kappa shape index (κ1) is 19.2. The number of hydrogen-bond donors (Lipinski definition) is 1. The quantitative estimate of drug-likeness (QED) is 0.814. The second-order valence-electron chi connectivity index (χ2n) is 6.12. The molecule has 2 aromatic rings. The first-order valence-electron chi connectivity index (χ1n) is 8.60. The molecule has 0 aromatic heterocycles. The Kier molecular flexibility index (Phi) is 5.98. The summed E-state index contributed by atoms with van der Waals surface area (Å²) in [7, 11) is -2.35. The third-order valence-corrected chi connectivity index (χ3v) is 5.70. The molecule has 1 heterocycles. The minimum atomic E-state index is -3.77. The summed E-state index contributed by atoms with van der Waals surface area (Å²) in [6.07, 6.45) is 0.277. The van der Waals surface area contributed by atoms with E-state index in [0.717, 1.165) is 5.56 Å². The number of methoxy groups -OCH3 is 1. The number of rotatable bonds is 6. The van der Waals surface area contributed by atoms with Crippen molar-refractivity contribution in [3.8, 4) is 5.75 Å². The van der Waals surface area contributed by atoms with Crippen LogP contribution in [0.5, 0.6) is 5.75 Å². The topological polar surface area (TPSA) is 84.9 Å². The van der Waals surface area contributed by atoms with E-state index in [4.69, 9.17) is 9.47 Å². The van der Waals surface area contributed by atoms with Gasteiger partial charge in [0.15, 0.2) is 0 Å². The van der Waals surface area contributed by atoms with Crippen molar-refractivity contribution in [1.82, 2.24) is 4.90 Å². The molecule has 1 N–H and O–H groups in total. The molecule has 2 aromatic carbocycles. The molecule has 27 heavy (non-hydrogen) atoms. The third-order valence-electron chi connectivity index (χ3n) is 4.28. The summed E-state index contributed by atoms with van der Waals surface area (Å²) in [5.74, 6) is 0.318. The highest BCUT2D eigenvalue weighted by Crippen LogP contribution is 2.25. The monoisotopic (exact) mass is 390 g/mol. The molecule has 3 rings (SSSR count). The van der Waals surface area contributed by atoms with Gasteiger partial charge in [0.1, 0.15) is 10.6 Å². The number of morpholine rings is 1. The van der Waals surface area contributed by atoms with Crippen molar-refractivity contribution in [3.05, 3.63) is 54.1 Å². The molecule has 144 valence electrons. The summed E-state index contributed by atoms with van der Waals surface area (Å²) in [5, 5.41) is 0. The van der Waals surface area contributed by atoms with Gasteiger partial charge in [0.2, 0.25) is 5.91 Å². The molecule has 0 atom stereocenters. The Labute approximate surface area is 158 Å². The van der Waals surface area contributed by atoms with Crippen LogP contribution in [0.4, 0.5) is 5.69 Å². The molecule has 7 nitrogen and oxygen atoms in total. The van der Waals surface area contributed by atoms with Gasteiger partial charge < -0.3 is 14.4 Å². The van der Waals surface area contributed by atoms with E-state index in [1.165, 1.54) is 13.2 Å². The number of carbonyl (C=O) groups is 1. The predicted octanol–water partition coefficient (Wildman–Crippen LogP) is 1.90. The lowest BCUT2D eigenvalue weighted by atomic mass is 10.1. The molecule has 8 heteroatoms. The first-order valence-corrected chi connectivity index (χ1v) is 10.1. The molecule has 0 spiro atoms. The summed E-state index contributed by atoms with van der Waals surface area (Å²) >= 11 is 0. The minimum absolute atomic E-state index is 0.0423. The molecule has 0 radical (unpaired) electrons. The Hall–Kier alpha value is -2.58. The molecular weight excluding hydrogens is 368 g/mol. The van der Waals surface area contributed by atoms with Gasteiger partial charge in [0.05, 0.1) is 26.7 Å². The van der Waals surface area contributed by atoms with Crippen LogP contribution in [-0.2, 0) is 26.0 Å². The van der Waals surface area contributed by atoms with Crippen molar-refractivity contribution in [1.29, 1.82) is 0 Å². The summed E-state index contributed by atoms with van der Waals surface area (Å²) in [5.41, 5.74) is 1.25. The molecule has 1 amide bonds. The molecule has 1 aliphatic heterocycles. The lowest BCUT2D eigenvalue weighted by Crippen LogP contribution is -2.41. The summed E-state index contributed by atoms with van der Waals surface area (Å²) < 4.78 is 38.1. The van der Waals surface area contributed by atoms with Crippen LogP contribution in [0.2, 0.25) is 0 Å². The summed E-state index contributed by atoms with van der Waals surface area (Å²) in [6, 6.07) is 13.2. The van der Waals surface area contributed by atoms with Gasteiger partial charge in [-0.2, -0.15) is 0 Å². The fourth-order valence-electron chi connectivity index (χ4n) is 2.84. The van der Waals surface area contributed by atoms with Gasteiger partial charge in [-0.05, 0) is 29.8 Å². The maximum atomic E-state index is 12.6. The molecule has 0 bridgehead atoms. The van der Waals surface area contributed by atoms with E-state index in [9.17, 15) is 13.2 Å². The van der Waals surface area contributed by atoms with Crippen molar-refractivity contribution >= 4 is 21.6 Å². The van der Waals surface area contributed by atoms with Gasteiger partial charge in [0, 0.05) is 18.8 Å². The molecule has 0 unspecified atom stereocenters. The van der Waals surface area contributed by atoms with Crippen LogP contribution < -0.4 is 9.46 Å². The lowest BCUT2D eigenvalue weighted by molar-refractivity contribution is -0.134. The Balaban J connectivity index is 1.67. The first-order chi connectivity index (χ1) is 13.0. The minimum Gasteiger partial charge on any atom is -0.495 e. The van der Waals surface area contributed by atoms with Crippen LogP contribution in [0.1, 0.15) is 5.56 Å². The number of anilines is 1. The lowest BCUT2D eigenvalue weighted by Gasteiger charge is -2.26. The number of sulfonamides is 1. The maximum Gasteiger partial charge on any atom is 0.265 e. The zero-order chi connectivity index (χ0) is 19.3. The van der Waals surface area contributed by atoms with E-state index in [1.54, 1.807) is 47.4 Å². The zero-order valence-electron chi connectivity index (χ0n) is 15.1. The van der Waals surface area contributed by atoms with Crippen LogP contribution in [0.25, 0.3) is 0 Å². The second kappa shape index (κ2) is 8.41. The van der Waals surface area contributed by atoms with Crippen LogP contribution in [0, 0.1) is 0 Å². The SMILES string of the molecule is COc1ccccc1S(=O)(=O)Nc1ccc(CC(=O)N2CCOCC2)cc1. The smallest absolute Gasteiger partial charge is 0.265 e. The van der Waals surface area contributed by atoms with Gasteiger partial charge in [-0.25, -0.2) is 8.42 Å². The Morgan fingerprint density at radius 3 is 2.44 bits per heavy atom. The van der Waals surface area contributed by atoms with Crippen molar-refractivity contribution < 1.29 is 22.7 Å². The Morgan fingerprint density at radius 1 is 1.11 bits per heavy atom. The van der Waals surface area contributed by atoms with Crippen molar-refractivity contribution in [2.24, 2.45) is 0 Å². The van der Waals surface area contributed by atoms with Crippen LogP contribution in [-0.4, -0.2) is 52.6 Å². The molecule has 1 fully saturated rings. The van der Waals surface area contributed by atoms with Gasteiger partial charge >= 0.3 is 0 Å². The molecular formula is C19H22N2O5S. The van der Waals surface area contributed by atoms with Crippen molar-refractivity contribution in [3.63, 3.8) is 0 Å². The fourth-order valence-corrected chi connectivity index (χ4v) is 4.07. The number of amides is 1. The summed E-state index contributed by atoms with van der Waals surface area (Å²) in [6.45, 7) is 2.34. The van der Waals surface area contributed by atoms with Crippen molar-refractivity contribution in [2.75, 3.05) is 38.1 Å². The third kappa shape index (κ3) is 4.78. The van der Waals surface area contributed by atoms with Gasteiger partial charge in [0.25, 0.3) is 10.0 Å². The van der Waals surface area contributed by atoms with E-state index < -0.39 is 10.0 Å². The average molecular weight is 390 g/mol. The number of para-hydroxylation sites is 1. The standard InChI is InChI=1S/C19H22N2O5S/c1-25-17-4-2-3-5-18(17)27(23,24)20-16-8-6-15(7-9-16)14-19(22)21-10-12-26-13-11-21/h2-9,20H,10-14H2,1H3. The molecule has 0 saturated carbocycles. The Bertz CT molecular complexity index is 891. The van der Waals surface area contributed by atoms with E-state index in [0.29, 0.717) is 32.0 Å². The normalized spacial score (nSPS) is 14.6. The van der Waals surface area contributed by atoms with Gasteiger partial charge in [-0.3, -0.25) is 9.52 Å². The number of hydrogen-bond acceptors (Lipinski definition) is 5. The van der Waals surface area contributed by atoms with E-state index in [1.807, 2.05) is 0 Å². The predicted molar refractivity (Wildman–Crippen MR) is 101 cm³/mol. The fraction of sp³-hybridized carbons (Fsp3) is 0.316. The van der Waals surface area contributed by atoms with Gasteiger partial charge in [-0.15, -0.1) is 0 Å².